The van der Waals surface area contributed by atoms with Crippen molar-refractivity contribution in [1.29, 1.82) is 0 Å². The van der Waals surface area contributed by atoms with Crippen LogP contribution in [0.4, 0.5) is 0 Å². The summed E-state index contributed by atoms with van der Waals surface area (Å²) in [5.41, 5.74) is 0. The van der Waals surface area contributed by atoms with Crippen molar-refractivity contribution in [2.24, 2.45) is 11.8 Å². The summed E-state index contributed by atoms with van der Waals surface area (Å²) in [5, 5.41) is 21.2. The highest BCUT2D eigenvalue weighted by atomic mass is 32.2. The van der Waals surface area contributed by atoms with Crippen molar-refractivity contribution >= 4 is 46.9 Å². The van der Waals surface area contributed by atoms with Gasteiger partial charge < -0.3 is 25.5 Å². The molecular weight excluding hydrogens is 432 g/mol. The first-order chi connectivity index (χ1) is 13.8. The molecule has 0 aromatic heterocycles. The van der Waals surface area contributed by atoms with E-state index in [2.05, 4.69) is 0 Å². The molecule has 0 unspecified atom stereocenters. The normalized spacial score (nSPS) is 51.0. The van der Waals surface area contributed by atoms with E-state index >= 15 is 0 Å². The van der Waals surface area contributed by atoms with Gasteiger partial charge >= 0.3 is 0 Å². The number of carbonyl (C=O) groups is 4. The van der Waals surface area contributed by atoms with Crippen molar-refractivity contribution in [1.82, 2.24) is 9.80 Å². The summed E-state index contributed by atoms with van der Waals surface area (Å²) in [6, 6.07) is -1.37. The average molecular weight is 457 g/mol. The van der Waals surface area contributed by atoms with Crippen LogP contribution in [0, 0.1) is 11.8 Å². The Balaban J connectivity index is 0.00000193. The van der Waals surface area contributed by atoms with Gasteiger partial charge in [-0.3, -0.25) is 19.2 Å². The lowest BCUT2D eigenvalue weighted by atomic mass is 9.80. The molecule has 4 heterocycles. The minimum Gasteiger partial charge on any atom is -0.412 e. The zero-order chi connectivity index (χ0) is 20.5. The lowest BCUT2D eigenvalue weighted by Crippen LogP contribution is -2.77. The van der Waals surface area contributed by atoms with Gasteiger partial charge in [0.15, 0.2) is 9.74 Å². The molecule has 2 amide bonds. The first kappa shape index (κ1) is 20.7. The zero-order valence-electron chi connectivity index (χ0n) is 16.3. The van der Waals surface area contributed by atoms with Gasteiger partial charge in [0, 0.05) is 42.8 Å². The first-order valence-corrected chi connectivity index (χ1v) is 12.2. The Morgan fingerprint density at radius 2 is 1.70 bits per heavy atom. The molecule has 164 valence electrons. The minimum atomic E-state index is -1.26. The van der Waals surface area contributed by atoms with Crippen molar-refractivity contribution in [2.75, 3.05) is 6.26 Å². The molecule has 9 atom stereocenters. The smallest absolute Gasteiger partial charge is 0.261 e. The van der Waals surface area contributed by atoms with Crippen LogP contribution in [-0.2, 0) is 19.2 Å². The Labute approximate surface area is 181 Å². The third kappa shape index (κ3) is 2.04. The molecule has 4 aliphatic heterocycles. The molecule has 0 aromatic rings. The number of rotatable bonds is 1. The predicted octanol–water partition coefficient (Wildman–Crippen LogP) is -1.46. The van der Waals surface area contributed by atoms with Crippen LogP contribution in [0.15, 0.2) is 0 Å². The van der Waals surface area contributed by atoms with Crippen molar-refractivity contribution < 1.29 is 34.9 Å². The fourth-order valence-electron chi connectivity index (χ4n) is 6.79. The Hall–Kier alpha value is -1.14. The van der Waals surface area contributed by atoms with Crippen molar-refractivity contribution in [3.8, 4) is 0 Å². The summed E-state index contributed by atoms with van der Waals surface area (Å²) >= 11 is 2.46. The fraction of sp³-hybridized carbons (Fsp3) is 0.789. The van der Waals surface area contributed by atoms with E-state index in [1.165, 1.54) is 33.3 Å². The van der Waals surface area contributed by atoms with E-state index in [9.17, 15) is 29.4 Å². The SMILES string of the molecule is CS[C@@]12C[C@H]3C(=O)CC[C@H](O)[C@H]3N1C(=O)[C@@]13C[C@H]4C(=O)C[C@@H](S1)[C@H](O)[C@H]4N3C2=O.O. The highest BCUT2D eigenvalue weighted by Crippen LogP contribution is 2.65. The number of hydrogen-bond donors (Lipinski definition) is 2. The molecule has 4 saturated heterocycles. The zero-order valence-corrected chi connectivity index (χ0v) is 17.9. The Morgan fingerprint density at radius 1 is 1.00 bits per heavy atom. The summed E-state index contributed by atoms with van der Waals surface area (Å²) in [7, 11) is 0. The number of thioether (sulfide) groups is 2. The van der Waals surface area contributed by atoms with E-state index in [0.717, 1.165) is 0 Å². The molecule has 6 aliphatic rings. The average Bonchev–Trinajstić information content (AvgIpc) is 3.15. The second kappa shape index (κ2) is 6.22. The van der Waals surface area contributed by atoms with Crippen LogP contribution in [0.5, 0.6) is 0 Å². The molecule has 11 heteroatoms. The molecular formula is C19H24N2O7S2. The van der Waals surface area contributed by atoms with Gasteiger partial charge in [0.25, 0.3) is 11.8 Å². The van der Waals surface area contributed by atoms with Crippen molar-refractivity contribution in [2.45, 2.75) is 71.4 Å². The number of Topliss-reactive ketones (excluding diaryl/α,β-unsaturated/α-hetero) is 2. The second-order valence-corrected chi connectivity index (χ2v) is 11.7. The molecule has 0 radical (unpaired) electrons. The van der Waals surface area contributed by atoms with E-state index in [4.69, 9.17) is 0 Å². The van der Waals surface area contributed by atoms with E-state index < -0.39 is 51.1 Å². The van der Waals surface area contributed by atoms with Crippen LogP contribution in [-0.4, -0.2) is 94.4 Å². The van der Waals surface area contributed by atoms with Gasteiger partial charge in [-0.1, -0.05) is 0 Å². The van der Waals surface area contributed by atoms with E-state index in [1.54, 1.807) is 6.26 Å². The minimum absolute atomic E-state index is 0. The summed E-state index contributed by atoms with van der Waals surface area (Å²) < 4.78 is 0. The quantitative estimate of drug-likeness (QED) is 0.487. The van der Waals surface area contributed by atoms with Crippen LogP contribution in [0.2, 0.25) is 0 Å². The third-order valence-corrected chi connectivity index (χ3v) is 10.9. The first-order valence-electron chi connectivity index (χ1n) is 10.1. The highest BCUT2D eigenvalue weighted by molar-refractivity contribution is 8.02. The lowest BCUT2D eigenvalue weighted by molar-refractivity contribution is -0.172. The summed E-state index contributed by atoms with van der Waals surface area (Å²) in [6.45, 7) is 0. The third-order valence-electron chi connectivity index (χ3n) is 8.02. The maximum atomic E-state index is 14.1. The van der Waals surface area contributed by atoms with Gasteiger partial charge in [-0.15, -0.1) is 23.5 Å². The Bertz CT molecular complexity index is 885. The Kier molecular flexibility index (Phi) is 4.30. The monoisotopic (exact) mass is 456 g/mol. The van der Waals surface area contributed by atoms with Gasteiger partial charge in [0.2, 0.25) is 0 Å². The fourth-order valence-corrected chi connectivity index (χ4v) is 9.66. The molecule has 6 fully saturated rings. The predicted molar refractivity (Wildman–Crippen MR) is 107 cm³/mol. The molecule has 3 bridgehead atoms. The lowest BCUT2D eigenvalue weighted by Gasteiger charge is -2.58. The highest BCUT2D eigenvalue weighted by Gasteiger charge is 2.78. The van der Waals surface area contributed by atoms with Gasteiger partial charge in [-0.05, 0) is 12.7 Å². The van der Waals surface area contributed by atoms with Gasteiger partial charge in [0.05, 0.1) is 24.3 Å². The van der Waals surface area contributed by atoms with Crippen molar-refractivity contribution in [3.63, 3.8) is 0 Å². The molecule has 30 heavy (non-hydrogen) atoms. The number of ketones is 2. The molecule has 9 nitrogen and oxygen atoms in total. The van der Waals surface area contributed by atoms with Crippen LogP contribution in [0.3, 0.4) is 0 Å². The van der Waals surface area contributed by atoms with Gasteiger partial charge in [0.1, 0.15) is 11.6 Å². The second-order valence-electron chi connectivity index (χ2n) is 9.12. The number of amides is 2. The summed E-state index contributed by atoms with van der Waals surface area (Å²) in [4.78, 5) is 53.9. The number of nitrogens with zero attached hydrogens (tertiary/aromatic N) is 2. The van der Waals surface area contributed by atoms with Crippen LogP contribution in [0.25, 0.3) is 0 Å². The molecule has 2 saturated carbocycles. The summed E-state index contributed by atoms with van der Waals surface area (Å²) in [5.74, 6) is -1.66. The van der Waals surface area contributed by atoms with Crippen LogP contribution >= 0.6 is 23.5 Å². The topological polar surface area (TPSA) is 147 Å². The standard InChI is InChI=1S/C19H22N2O6S2.H2O/c1-28-18-5-7-9(22)2-3-10(23)13(7)20(18)17(27)19-6-8-11(24)4-12(29-19)15(25)14(8)21(19)16(18)26;/h7-8,10,12-15,23,25H,2-6H2,1H3;1H2/t7-,8-,10-,12+,13-,14-,15-,18+,19+;/m0./s1. The van der Waals surface area contributed by atoms with E-state index in [-0.39, 0.29) is 61.0 Å². The van der Waals surface area contributed by atoms with E-state index in [0.29, 0.717) is 0 Å². The molecule has 6 rings (SSSR count). The molecule has 0 spiro atoms. The number of aliphatic hydroxyl groups excluding tert-OH is 2. The van der Waals surface area contributed by atoms with Gasteiger partial charge in [-0.25, -0.2) is 0 Å². The number of fused-ring (bicyclic) bond motifs is 4. The number of carbonyl (C=O) groups excluding carboxylic acids is 4. The van der Waals surface area contributed by atoms with Crippen molar-refractivity contribution in [3.05, 3.63) is 0 Å². The molecule has 2 aliphatic carbocycles. The molecule has 0 aromatic carbocycles. The number of hydrogen-bond acceptors (Lipinski definition) is 8. The van der Waals surface area contributed by atoms with Crippen LogP contribution in [0.1, 0.15) is 32.1 Å². The van der Waals surface area contributed by atoms with E-state index in [1.807, 2.05) is 0 Å². The van der Waals surface area contributed by atoms with Crippen LogP contribution < -0.4 is 0 Å². The largest absolute Gasteiger partial charge is 0.412 e. The molecule has 4 N–H and O–H groups in total. The number of aliphatic hydroxyl groups is 2. The Morgan fingerprint density at radius 3 is 2.40 bits per heavy atom. The maximum Gasteiger partial charge on any atom is 0.261 e. The maximum absolute atomic E-state index is 14.1. The van der Waals surface area contributed by atoms with Gasteiger partial charge in [-0.2, -0.15) is 0 Å². The number of piperazine rings is 1. The summed E-state index contributed by atoms with van der Waals surface area (Å²) in [6.07, 6.45) is 1.22.